The third-order valence-corrected chi connectivity index (χ3v) is 7.45. The fourth-order valence-corrected chi connectivity index (χ4v) is 5.79. The summed E-state index contributed by atoms with van der Waals surface area (Å²) in [6.45, 7) is 4.54. The molecule has 4 rings (SSSR count). The molecule has 2 aromatic rings. The van der Waals surface area contributed by atoms with Crippen LogP contribution in [0.5, 0.6) is 0 Å². The van der Waals surface area contributed by atoms with Gasteiger partial charge in [-0.15, -0.1) is 0 Å². The first kappa shape index (κ1) is 17.7. The molecule has 0 bridgehead atoms. The van der Waals surface area contributed by atoms with Crippen LogP contribution in [0.3, 0.4) is 0 Å². The Kier molecular flexibility index (Phi) is 4.86. The van der Waals surface area contributed by atoms with Crippen LogP contribution in [0.15, 0.2) is 59.5 Å². The van der Waals surface area contributed by atoms with Crippen LogP contribution in [0.4, 0.5) is 0 Å². The van der Waals surface area contributed by atoms with Crippen molar-refractivity contribution < 1.29 is 13.3 Å². The second-order valence-corrected chi connectivity index (χ2v) is 9.48. The van der Waals surface area contributed by atoms with Gasteiger partial charge in [-0.05, 0) is 42.9 Å². The van der Waals surface area contributed by atoms with Gasteiger partial charge in [-0.3, -0.25) is 0 Å². The van der Waals surface area contributed by atoms with Crippen molar-refractivity contribution in [2.45, 2.75) is 43.2 Å². The molecule has 2 aromatic carbocycles. The van der Waals surface area contributed by atoms with Gasteiger partial charge in [0.25, 0.3) is 0 Å². The van der Waals surface area contributed by atoms with Gasteiger partial charge in [0.2, 0.25) is 10.0 Å². The van der Waals surface area contributed by atoms with Crippen LogP contribution in [0, 0.1) is 5.92 Å². The lowest BCUT2D eigenvalue weighted by atomic mass is 9.95. The highest BCUT2D eigenvalue weighted by molar-refractivity contribution is 7.89. The van der Waals surface area contributed by atoms with Gasteiger partial charge in [-0.25, -0.2) is 13.1 Å². The molecule has 0 saturated carbocycles. The van der Waals surface area contributed by atoms with Crippen molar-refractivity contribution in [1.82, 2.24) is 4.72 Å². The second kappa shape index (κ2) is 7.14. The summed E-state index contributed by atoms with van der Waals surface area (Å²) < 4.78 is 28.8. The highest BCUT2D eigenvalue weighted by Crippen LogP contribution is 2.31. The van der Waals surface area contributed by atoms with Gasteiger partial charge in [-0.1, -0.05) is 49.4 Å². The van der Waals surface area contributed by atoms with Crippen molar-refractivity contribution in [3.05, 3.63) is 65.7 Å². The fourth-order valence-electron chi connectivity index (χ4n) is 4.52. The predicted molar refractivity (Wildman–Crippen MR) is 103 cm³/mol. The molecule has 1 aliphatic carbocycles. The molecule has 1 fully saturated rings. The van der Waals surface area contributed by atoms with Gasteiger partial charge in [0.1, 0.15) is 6.04 Å². The lowest BCUT2D eigenvalue weighted by Gasteiger charge is -2.35. The van der Waals surface area contributed by atoms with Crippen LogP contribution in [0.1, 0.15) is 36.9 Å². The Morgan fingerprint density at radius 2 is 1.62 bits per heavy atom. The zero-order chi connectivity index (χ0) is 18.1. The number of fused-ring (bicyclic) bond motifs is 1. The Labute approximate surface area is 156 Å². The molecule has 1 heterocycles. The summed E-state index contributed by atoms with van der Waals surface area (Å²) in [5, 5.41) is 0. The summed E-state index contributed by atoms with van der Waals surface area (Å²) in [7, 11) is -3.51. The lowest BCUT2D eigenvalue weighted by molar-refractivity contribution is -0.938. The fraction of sp³-hybridized carbons (Fsp3) is 0.429. The number of sulfonamides is 1. The maximum atomic E-state index is 12.9. The van der Waals surface area contributed by atoms with E-state index in [1.807, 2.05) is 6.07 Å². The summed E-state index contributed by atoms with van der Waals surface area (Å²) in [4.78, 5) is 1.87. The molecule has 5 heteroatoms. The van der Waals surface area contributed by atoms with Crippen molar-refractivity contribution in [1.29, 1.82) is 0 Å². The smallest absolute Gasteiger partial charge is 0.241 e. The summed E-state index contributed by atoms with van der Waals surface area (Å²) in [6.07, 6.45) is 3.20. The summed E-state index contributed by atoms with van der Waals surface area (Å²) in [6, 6.07) is 17.3. The Hall–Kier alpha value is -1.69. The van der Waals surface area contributed by atoms with Crippen molar-refractivity contribution in [2.24, 2.45) is 5.92 Å². The monoisotopic (exact) mass is 371 g/mol. The molecule has 2 atom stereocenters. The topological polar surface area (TPSA) is 50.6 Å². The van der Waals surface area contributed by atoms with E-state index in [0.29, 0.717) is 4.90 Å². The van der Waals surface area contributed by atoms with Gasteiger partial charge >= 0.3 is 0 Å². The summed E-state index contributed by atoms with van der Waals surface area (Å²) >= 11 is 0. The zero-order valence-electron chi connectivity index (χ0n) is 15.2. The van der Waals surface area contributed by atoms with Gasteiger partial charge in [-0.2, -0.15) is 0 Å². The minimum atomic E-state index is -3.51. The van der Waals surface area contributed by atoms with E-state index in [2.05, 4.69) is 35.9 Å². The minimum Gasteiger partial charge on any atom is -0.327 e. The standard InChI is InChI=1S/C21H26N2O2S/c1-16-11-13-23(14-12-16)21-19-10-6-5-7-17(19)15-20(21)22-26(24,25)18-8-3-2-4-9-18/h2-10,16,20-22H,11-15H2,1H3/p+1/t20-,21+/m1/s1. The van der Waals surface area contributed by atoms with E-state index in [0.717, 1.165) is 25.4 Å². The molecular formula is C21H27N2O2S+. The first-order valence-corrected chi connectivity index (χ1v) is 11.0. The quantitative estimate of drug-likeness (QED) is 0.863. The van der Waals surface area contributed by atoms with E-state index < -0.39 is 10.0 Å². The number of piperidine rings is 1. The minimum absolute atomic E-state index is 0.0824. The van der Waals surface area contributed by atoms with E-state index in [1.165, 1.54) is 28.9 Å². The number of nitrogens with one attached hydrogen (secondary N) is 2. The van der Waals surface area contributed by atoms with Gasteiger partial charge < -0.3 is 4.90 Å². The molecule has 2 N–H and O–H groups in total. The van der Waals surface area contributed by atoms with Crippen LogP contribution in [0.25, 0.3) is 0 Å². The largest absolute Gasteiger partial charge is 0.327 e. The number of quaternary nitrogens is 1. The molecule has 1 saturated heterocycles. The third kappa shape index (κ3) is 3.43. The lowest BCUT2D eigenvalue weighted by Crippen LogP contribution is -3.14. The van der Waals surface area contributed by atoms with E-state index in [4.69, 9.17) is 0 Å². The molecule has 0 radical (unpaired) electrons. The molecule has 2 aliphatic rings. The van der Waals surface area contributed by atoms with Gasteiger partial charge in [0.15, 0.2) is 0 Å². The number of likely N-dealkylation sites (tertiary alicyclic amines) is 1. The average Bonchev–Trinajstić information content (AvgIpc) is 3.00. The second-order valence-electron chi connectivity index (χ2n) is 7.76. The van der Waals surface area contributed by atoms with Crippen molar-refractivity contribution in [3.8, 4) is 0 Å². The molecule has 0 aromatic heterocycles. The van der Waals surface area contributed by atoms with Crippen LogP contribution >= 0.6 is 0 Å². The third-order valence-electron chi connectivity index (χ3n) is 5.95. The van der Waals surface area contributed by atoms with E-state index in [-0.39, 0.29) is 12.1 Å². The maximum absolute atomic E-state index is 12.9. The van der Waals surface area contributed by atoms with E-state index in [9.17, 15) is 8.42 Å². The Bertz CT molecular complexity index is 859. The highest BCUT2D eigenvalue weighted by Gasteiger charge is 2.42. The Balaban J connectivity index is 1.62. The van der Waals surface area contributed by atoms with Crippen LogP contribution < -0.4 is 9.62 Å². The molecular weight excluding hydrogens is 344 g/mol. The molecule has 0 spiro atoms. The van der Waals surface area contributed by atoms with Crippen LogP contribution in [0.2, 0.25) is 0 Å². The molecule has 0 amide bonds. The first-order chi connectivity index (χ1) is 12.5. The predicted octanol–water partition coefficient (Wildman–Crippen LogP) is 1.95. The van der Waals surface area contributed by atoms with Crippen LogP contribution in [-0.2, 0) is 16.4 Å². The Morgan fingerprint density at radius 3 is 2.35 bits per heavy atom. The Morgan fingerprint density at radius 1 is 0.962 bits per heavy atom. The number of benzene rings is 2. The van der Waals surface area contributed by atoms with Gasteiger partial charge in [0.05, 0.1) is 24.0 Å². The van der Waals surface area contributed by atoms with Crippen molar-refractivity contribution >= 4 is 10.0 Å². The number of rotatable bonds is 4. The number of hydrogen-bond acceptors (Lipinski definition) is 2. The van der Waals surface area contributed by atoms with E-state index in [1.54, 1.807) is 24.3 Å². The highest BCUT2D eigenvalue weighted by atomic mass is 32.2. The van der Waals surface area contributed by atoms with E-state index >= 15 is 0 Å². The molecule has 0 unspecified atom stereocenters. The molecule has 26 heavy (non-hydrogen) atoms. The summed E-state index contributed by atoms with van der Waals surface area (Å²) in [5.74, 6) is 0.773. The normalized spacial score (nSPS) is 28.7. The SMILES string of the molecule is CC1CC[NH+]([C@H]2c3ccccc3C[C@H]2NS(=O)(=O)c2ccccc2)CC1. The van der Waals surface area contributed by atoms with Crippen molar-refractivity contribution in [2.75, 3.05) is 13.1 Å². The average molecular weight is 372 g/mol. The zero-order valence-corrected chi connectivity index (χ0v) is 16.0. The van der Waals surface area contributed by atoms with Crippen molar-refractivity contribution in [3.63, 3.8) is 0 Å². The molecule has 1 aliphatic heterocycles. The van der Waals surface area contributed by atoms with Crippen LogP contribution in [-0.4, -0.2) is 27.5 Å². The molecule has 138 valence electrons. The van der Waals surface area contributed by atoms with Gasteiger partial charge in [0, 0.05) is 5.56 Å². The number of hydrogen-bond donors (Lipinski definition) is 2. The maximum Gasteiger partial charge on any atom is 0.241 e. The first-order valence-electron chi connectivity index (χ1n) is 9.54. The molecule has 4 nitrogen and oxygen atoms in total. The summed E-state index contributed by atoms with van der Waals surface area (Å²) in [5.41, 5.74) is 2.60.